The summed E-state index contributed by atoms with van der Waals surface area (Å²) < 4.78 is 6.42. The zero-order chi connectivity index (χ0) is 45.6. The van der Waals surface area contributed by atoms with Gasteiger partial charge in [0.2, 0.25) is 8.32 Å². The molecule has 0 bridgehead atoms. The van der Waals surface area contributed by atoms with Crippen LogP contribution >= 0.6 is 46.4 Å². The van der Waals surface area contributed by atoms with Crippen molar-refractivity contribution in [2.24, 2.45) is 0 Å². The fraction of sp³-hybridized carbons (Fsp3) is 0.333. The van der Waals surface area contributed by atoms with Gasteiger partial charge in [0.1, 0.15) is 11.5 Å². The minimum atomic E-state index is -1.80. The first-order valence-corrected chi connectivity index (χ1v) is 26.3. The summed E-state index contributed by atoms with van der Waals surface area (Å²) in [6, 6.07) is 48.8. The van der Waals surface area contributed by atoms with Crippen molar-refractivity contribution in [3.8, 4) is 11.5 Å². The van der Waals surface area contributed by atoms with E-state index >= 15 is 0 Å². The summed E-state index contributed by atoms with van der Waals surface area (Å²) in [5.74, 6) is 1.83. The van der Waals surface area contributed by atoms with Crippen LogP contribution in [0.3, 0.4) is 0 Å². The third-order valence-electron chi connectivity index (χ3n) is 12.1. The summed E-state index contributed by atoms with van der Waals surface area (Å²) in [6.45, 7) is 15.3. The van der Waals surface area contributed by atoms with Gasteiger partial charge in [-0.05, 0) is 177 Å². The minimum Gasteiger partial charge on any atom is -0.544 e. The highest BCUT2D eigenvalue weighted by atomic mass is 35.5. The van der Waals surface area contributed by atoms with Crippen LogP contribution in [0.15, 0.2) is 146 Å². The molecule has 0 aromatic heterocycles. The Balaban J connectivity index is 0.000000243. The molecule has 334 valence electrons. The van der Waals surface area contributed by atoms with Crippen LogP contribution < -0.4 is 4.43 Å². The Morgan fingerprint density at radius 3 is 1.10 bits per heavy atom. The van der Waals surface area contributed by atoms with Crippen molar-refractivity contribution in [1.29, 1.82) is 0 Å². The lowest BCUT2D eigenvalue weighted by molar-refractivity contribution is 0.319. The molecule has 4 nitrogen and oxygen atoms in total. The normalized spacial score (nSPS) is 11.9. The van der Waals surface area contributed by atoms with E-state index in [9.17, 15) is 5.11 Å². The monoisotopic (exact) mass is 940 g/mol. The highest BCUT2D eigenvalue weighted by Crippen LogP contribution is 2.37. The SMILES string of the molecule is CN(CCCc1ccc(O)cc1)CC(c1ccc(Cl)cc1)c1ccc(Cl)cc1.CN(CCCc1ccc(O[Si](C)(C)C(C)(C)C)cc1)CC(c1ccc(Cl)cc1)c1ccc(Cl)cc1. The molecule has 0 spiro atoms. The van der Waals surface area contributed by atoms with Gasteiger partial charge in [0, 0.05) is 45.0 Å². The second kappa shape index (κ2) is 23.9. The first-order valence-electron chi connectivity index (χ1n) is 21.9. The maximum absolute atomic E-state index is 9.40. The lowest BCUT2D eigenvalue weighted by atomic mass is 9.91. The van der Waals surface area contributed by atoms with Crippen molar-refractivity contribution in [2.75, 3.05) is 40.3 Å². The highest BCUT2D eigenvalue weighted by Gasteiger charge is 2.39. The third kappa shape index (κ3) is 16.3. The number of likely N-dealkylation sites (N-methyl/N-ethyl adjacent to an activating group) is 2. The molecular weight excluding hydrogens is 879 g/mol. The van der Waals surface area contributed by atoms with Gasteiger partial charge in [-0.15, -0.1) is 0 Å². The number of phenols is 1. The van der Waals surface area contributed by atoms with Crippen LogP contribution in [0, 0.1) is 0 Å². The molecule has 0 aliphatic carbocycles. The number of benzene rings is 6. The van der Waals surface area contributed by atoms with Gasteiger partial charge < -0.3 is 19.3 Å². The molecule has 0 heterocycles. The van der Waals surface area contributed by atoms with E-state index in [0.29, 0.717) is 5.75 Å². The number of phenolic OH excluding ortho intramolecular Hbond substituents is 1. The van der Waals surface area contributed by atoms with Gasteiger partial charge in [0.05, 0.1) is 0 Å². The number of hydrogen-bond donors (Lipinski definition) is 1. The van der Waals surface area contributed by atoms with Crippen molar-refractivity contribution in [1.82, 2.24) is 9.80 Å². The first-order chi connectivity index (χ1) is 30.0. The molecule has 0 saturated heterocycles. The van der Waals surface area contributed by atoms with E-state index in [1.807, 2.05) is 60.7 Å². The molecule has 9 heteroatoms. The molecule has 0 radical (unpaired) electrons. The van der Waals surface area contributed by atoms with Crippen LogP contribution in [-0.2, 0) is 12.8 Å². The van der Waals surface area contributed by atoms with E-state index in [0.717, 1.165) is 77.7 Å². The number of nitrogens with zero attached hydrogens (tertiary/aromatic N) is 2. The third-order valence-corrected chi connectivity index (χ3v) is 17.5. The number of rotatable bonds is 18. The highest BCUT2D eigenvalue weighted by molar-refractivity contribution is 6.74. The molecule has 0 atom stereocenters. The van der Waals surface area contributed by atoms with Gasteiger partial charge in [-0.25, -0.2) is 0 Å². The molecule has 1 N–H and O–H groups in total. The van der Waals surface area contributed by atoms with E-state index in [1.165, 1.54) is 33.4 Å². The van der Waals surface area contributed by atoms with Crippen molar-refractivity contribution >= 4 is 54.7 Å². The lowest BCUT2D eigenvalue weighted by Crippen LogP contribution is -2.43. The zero-order valence-electron chi connectivity index (χ0n) is 37.9. The Bertz CT molecular complexity index is 2150. The average Bonchev–Trinajstić information content (AvgIpc) is 3.24. The number of aromatic hydroxyl groups is 1. The summed E-state index contributed by atoms with van der Waals surface area (Å²) in [5.41, 5.74) is 7.63. The molecule has 0 saturated carbocycles. The fourth-order valence-electron chi connectivity index (χ4n) is 7.33. The van der Waals surface area contributed by atoms with Gasteiger partial charge in [-0.1, -0.05) is 140 Å². The average molecular weight is 943 g/mol. The summed E-state index contributed by atoms with van der Waals surface area (Å²) in [7, 11) is 2.56. The smallest absolute Gasteiger partial charge is 0.250 e. The lowest BCUT2D eigenvalue weighted by Gasteiger charge is -2.36. The molecule has 0 aliphatic rings. The van der Waals surface area contributed by atoms with Crippen molar-refractivity contribution in [3.63, 3.8) is 0 Å². The molecule has 0 fully saturated rings. The maximum Gasteiger partial charge on any atom is 0.250 e. The maximum atomic E-state index is 9.40. The van der Waals surface area contributed by atoms with Crippen LogP contribution in [0.4, 0.5) is 0 Å². The Labute approximate surface area is 398 Å². The minimum absolute atomic E-state index is 0.201. The van der Waals surface area contributed by atoms with Gasteiger partial charge in [-0.2, -0.15) is 0 Å². The standard InChI is InChI=1S/C30H39Cl2NOSi.C24H25Cl2NO/c1-30(2,3)35(5,6)34-28-19-9-23(10-20-28)8-7-21-33(4)22-29(24-11-15-26(31)16-12-24)25-13-17-27(32)18-14-25;1-27(16-2-3-18-4-14-23(28)15-5-18)17-24(19-6-10-21(25)11-7-19)20-8-12-22(26)13-9-20/h9-20,29H,7-8,21-22H2,1-6H3;4-15,24,28H,2-3,16-17H2,1H3. The van der Waals surface area contributed by atoms with Crippen LogP contribution in [0.2, 0.25) is 38.2 Å². The molecular formula is C54H64Cl4N2O2Si. The van der Waals surface area contributed by atoms with Crippen LogP contribution in [0.5, 0.6) is 11.5 Å². The second-order valence-corrected chi connectivity index (χ2v) is 24.7. The molecule has 0 aliphatic heterocycles. The second-order valence-electron chi connectivity index (χ2n) is 18.2. The zero-order valence-corrected chi connectivity index (χ0v) is 42.0. The Morgan fingerprint density at radius 2 is 0.794 bits per heavy atom. The van der Waals surface area contributed by atoms with Gasteiger partial charge in [0.15, 0.2) is 0 Å². The molecule has 6 aromatic rings. The molecule has 6 rings (SSSR count). The van der Waals surface area contributed by atoms with Crippen molar-refractivity contribution in [2.45, 2.75) is 76.4 Å². The van der Waals surface area contributed by atoms with Crippen molar-refractivity contribution in [3.05, 3.63) is 199 Å². The summed E-state index contributed by atoms with van der Waals surface area (Å²) >= 11 is 24.4. The number of aryl methyl sites for hydroxylation is 2. The summed E-state index contributed by atoms with van der Waals surface area (Å²) in [5, 5.41) is 12.6. The predicted molar refractivity (Wildman–Crippen MR) is 274 cm³/mol. The van der Waals surface area contributed by atoms with E-state index in [1.54, 1.807) is 12.1 Å². The van der Waals surface area contributed by atoms with E-state index in [-0.39, 0.29) is 16.9 Å². The van der Waals surface area contributed by atoms with Gasteiger partial charge >= 0.3 is 0 Å². The van der Waals surface area contributed by atoms with Gasteiger partial charge in [0.25, 0.3) is 0 Å². The van der Waals surface area contributed by atoms with E-state index in [4.69, 9.17) is 50.8 Å². The summed E-state index contributed by atoms with van der Waals surface area (Å²) in [4.78, 5) is 4.79. The fourth-order valence-corrected chi connectivity index (χ4v) is 8.87. The van der Waals surface area contributed by atoms with Gasteiger partial charge in [-0.3, -0.25) is 0 Å². The number of halogens is 4. The number of hydrogen-bond acceptors (Lipinski definition) is 4. The quantitative estimate of drug-likeness (QED) is 0.0871. The Hall–Kier alpha value is -3.78. The molecule has 63 heavy (non-hydrogen) atoms. The molecule has 0 unspecified atom stereocenters. The Morgan fingerprint density at radius 1 is 0.492 bits per heavy atom. The first kappa shape index (κ1) is 50.2. The molecule has 0 amide bonds. The Kier molecular flexibility index (Phi) is 19.1. The van der Waals surface area contributed by atoms with Crippen molar-refractivity contribution < 1.29 is 9.53 Å². The largest absolute Gasteiger partial charge is 0.544 e. The van der Waals surface area contributed by atoms with E-state index < -0.39 is 8.32 Å². The topological polar surface area (TPSA) is 35.9 Å². The van der Waals surface area contributed by atoms with Crippen LogP contribution in [0.1, 0.15) is 78.8 Å². The van der Waals surface area contributed by atoms with Crippen LogP contribution in [-0.4, -0.2) is 63.5 Å². The predicted octanol–water partition coefficient (Wildman–Crippen LogP) is 15.5. The van der Waals surface area contributed by atoms with Crippen LogP contribution in [0.25, 0.3) is 0 Å². The molecule has 6 aromatic carbocycles. The van der Waals surface area contributed by atoms with E-state index in [2.05, 4.69) is 131 Å². The summed E-state index contributed by atoms with van der Waals surface area (Å²) in [6.07, 6.45) is 4.22.